The zero-order chi connectivity index (χ0) is 23.9. The fourth-order valence-corrected chi connectivity index (χ4v) is 4.99. The molecule has 0 aliphatic rings. The molecule has 3 aromatic carbocycles. The summed E-state index contributed by atoms with van der Waals surface area (Å²) in [4.78, 5) is 17.6. The minimum Gasteiger partial charge on any atom is -0.497 e. The van der Waals surface area contributed by atoms with Crippen molar-refractivity contribution in [3.63, 3.8) is 0 Å². The number of nitrogens with one attached hydrogen (secondary N) is 1. The molecule has 0 aliphatic carbocycles. The molecule has 0 spiro atoms. The lowest BCUT2D eigenvalue weighted by Crippen LogP contribution is -2.32. The average molecular weight is 492 g/mol. The second-order valence-corrected chi connectivity index (χ2v) is 9.35. The van der Waals surface area contributed by atoms with Crippen molar-refractivity contribution in [2.24, 2.45) is 7.05 Å². The Morgan fingerprint density at radius 2 is 1.65 bits per heavy atom. The number of hydrogen-bond donors (Lipinski definition) is 1. The summed E-state index contributed by atoms with van der Waals surface area (Å²) in [6.45, 7) is 0. The van der Waals surface area contributed by atoms with Crippen LogP contribution in [0.25, 0.3) is 0 Å². The number of hydrogen-bond acceptors (Lipinski definition) is 4. The number of rotatable bonds is 9. The third-order valence-electron chi connectivity index (χ3n) is 5.53. The van der Waals surface area contributed by atoms with Crippen molar-refractivity contribution >= 4 is 29.3 Å². The fourth-order valence-electron chi connectivity index (χ4n) is 3.76. The molecular formula is C27H26ClN3O2S. The van der Waals surface area contributed by atoms with Crippen LogP contribution in [0.4, 0.5) is 0 Å². The number of methoxy groups -OCH3 is 1. The lowest BCUT2D eigenvalue weighted by molar-refractivity contribution is -0.119. The van der Waals surface area contributed by atoms with Crippen molar-refractivity contribution in [1.29, 1.82) is 0 Å². The van der Waals surface area contributed by atoms with Gasteiger partial charge in [0, 0.05) is 24.5 Å². The van der Waals surface area contributed by atoms with Crippen LogP contribution in [0.2, 0.25) is 5.02 Å². The number of aryl methyl sites for hydroxylation is 1. The first-order valence-electron chi connectivity index (χ1n) is 10.9. The molecule has 174 valence electrons. The molecule has 1 aromatic heterocycles. The molecular weight excluding hydrogens is 466 g/mol. The standard InChI is InChI=1S/C27H26ClN3O2S/c1-31-17-16-29-27(31)25(19-10-14-23(33-2)15-11-19)30-24(32)18-34-26(20-6-4-3-5-7-20)21-8-12-22(28)13-9-21/h3-17,25-26H,18H2,1-2H3,(H,30,32). The monoisotopic (exact) mass is 491 g/mol. The number of imidazole rings is 1. The second kappa shape index (κ2) is 11.3. The van der Waals surface area contributed by atoms with Crippen LogP contribution < -0.4 is 10.1 Å². The average Bonchev–Trinajstić information content (AvgIpc) is 3.30. The molecule has 0 fully saturated rings. The number of nitrogens with zero attached hydrogens (tertiary/aromatic N) is 2. The van der Waals surface area contributed by atoms with Gasteiger partial charge in [-0.1, -0.05) is 66.2 Å². The van der Waals surface area contributed by atoms with E-state index in [2.05, 4.69) is 22.4 Å². The molecule has 2 atom stereocenters. The van der Waals surface area contributed by atoms with Gasteiger partial charge in [0.25, 0.3) is 0 Å². The minimum absolute atomic E-state index is 0.0109. The van der Waals surface area contributed by atoms with E-state index in [1.54, 1.807) is 25.1 Å². The third-order valence-corrected chi connectivity index (χ3v) is 7.09. The summed E-state index contributed by atoms with van der Waals surface area (Å²) in [6, 6.07) is 25.3. The second-order valence-electron chi connectivity index (χ2n) is 7.82. The largest absolute Gasteiger partial charge is 0.497 e. The van der Waals surface area contributed by atoms with Crippen LogP contribution >= 0.6 is 23.4 Å². The summed E-state index contributed by atoms with van der Waals surface area (Å²) < 4.78 is 7.20. The first-order chi connectivity index (χ1) is 16.5. The summed E-state index contributed by atoms with van der Waals surface area (Å²) in [5.74, 6) is 1.75. The van der Waals surface area contributed by atoms with Crippen LogP contribution in [0.1, 0.15) is 33.8 Å². The van der Waals surface area contributed by atoms with Crippen molar-refractivity contribution < 1.29 is 9.53 Å². The Labute approximate surface area is 209 Å². The van der Waals surface area contributed by atoms with Gasteiger partial charge in [0.15, 0.2) is 0 Å². The van der Waals surface area contributed by atoms with Crippen molar-refractivity contribution in [1.82, 2.24) is 14.9 Å². The molecule has 0 bridgehead atoms. The zero-order valence-electron chi connectivity index (χ0n) is 19.0. The van der Waals surface area contributed by atoms with Gasteiger partial charge in [-0.25, -0.2) is 4.98 Å². The number of ether oxygens (including phenoxy) is 1. The van der Waals surface area contributed by atoms with E-state index in [0.29, 0.717) is 10.8 Å². The molecule has 1 heterocycles. The Balaban J connectivity index is 1.53. The fraction of sp³-hybridized carbons (Fsp3) is 0.185. The Morgan fingerprint density at radius 1 is 1.00 bits per heavy atom. The van der Waals surface area contributed by atoms with Crippen LogP contribution in [0, 0.1) is 0 Å². The van der Waals surface area contributed by atoms with Gasteiger partial charge in [-0.3, -0.25) is 4.79 Å². The zero-order valence-corrected chi connectivity index (χ0v) is 20.6. The topological polar surface area (TPSA) is 56.1 Å². The molecule has 2 unspecified atom stereocenters. The maximum atomic E-state index is 13.2. The molecule has 0 saturated carbocycles. The van der Waals surface area contributed by atoms with Gasteiger partial charge in [-0.2, -0.15) is 0 Å². The molecule has 4 rings (SSSR count). The highest BCUT2D eigenvalue weighted by Crippen LogP contribution is 2.36. The van der Waals surface area contributed by atoms with Crippen LogP contribution in [-0.2, 0) is 11.8 Å². The quantitative estimate of drug-likeness (QED) is 0.321. The smallest absolute Gasteiger partial charge is 0.230 e. The molecule has 7 heteroatoms. The first kappa shape index (κ1) is 23.9. The maximum absolute atomic E-state index is 13.2. The van der Waals surface area contributed by atoms with Crippen molar-refractivity contribution in [3.8, 4) is 5.75 Å². The number of carbonyl (C=O) groups excluding carboxylic acids is 1. The highest BCUT2D eigenvalue weighted by atomic mass is 35.5. The molecule has 0 radical (unpaired) electrons. The van der Waals surface area contributed by atoms with Gasteiger partial charge in [0.2, 0.25) is 5.91 Å². The Kier molecular flexibility index (Phi) is 7.93. The number of benzene rings is 3. The van der Waals surface area contributed by atoms with E-state index in [4.69, 9.17) is 16.3 Å². The normalized spacial score (nSPS) is 12.7. The lowest BCUT2D eigenvalue weighted by atomic mass is 10.0. The lowest BCUT2D eigenvalue weighted by Gasteiger charge is -2.21. The maximum Gasteiger partial charge on any atom is 0.230 e. The third kappa shape index (κ3) is 5.82. The number of aromatic nitrogens is 2. The molecule has 1 amide bonds. The Hall–Kier alpha value is -3.22. The van der Waals surface area contributed by atoms with Gasteiger partial charge in [-0.15, -0.1) is 11.8 Å². The SMILES string of the molecule is COc1ccc(C(NC(=O)CSC(c2ccccc2)c2ccc(Cl)cc2)c2nccn2C)cc1. The highest BCUT2D eigenvalue weighted by Gasteiger charge is 2.22. The summed E-state index contributed by atoms with van der Waals surface area (Å²) in [5.41, 5.74) is 3.17. The summed E-state index contributed by atoms with van der Waals surface area (Å²) in [6.07, 6.45) is 3.61. The van der Waals surface area contributed by atoms with Crippen LogP contribution in [0.3, 0.4) is 0 Å². The van der Waals surface area contributed by atoms with E-state index >= 15 is 0 Å². The van der Waals surface area contributed by atoms with E-state index in [9.17, 15) is 4.79 Å². The highest BCUT2D eigenvalue weighted by molar-refractivity contribution is 8.00. The minimum atomic E-state index is -0.371. The molecule has 34 heavy (non-hydrogen) atoms. The van der Waals surface area contributed by atoms with Gasteiger partial charge in [0.05, 0.1) is 18.1 Å². The molecule has 5 nitrogen and oxygen atoms in total. The predicted molar refractivity (Wildman–Crippen MR) is 138 cm³/mol. The molecule has 4 aromatic rings. The summed E-state index contributed by atoms with van der Waals surface area (Å²) in [7, 11) is 3.56. The van der Waals surface area contributed by atoms with Crippen molar-refractivity contribution in [3.05, 3.63) is 119 Å². The Morgan fingerprint density at radius 3 is 2.26 bits per heavy atom. The van der Waals surface area contributed by atoms with Gasteiger partial charge < -0.3 is 14.6 Å². The first-order valence-corrected chi connectivity index (χ1v) is 12.3. The van der Waals surface area contributed by atoms with E-state index in [1.807, 2.05) is 84.5 Å². The number of thioether (sulfide) groups is 1. The molecule has 1 N–H and O–H groups in total. The van der Waals surface area contributed by atoms with Crippen LogP contribution in [-0.4, -0.2) is 28.3 Å². The Bertz CT molecular complexity index is 1210. The van der Waals surface area contributed by atoms with Gasteiger partial charge in [-0.05, 0) is 41.0 Å². The van der Waals surface area contributed by atoms with Crippen LogP contribution in [0.5, 0.6) is 5.75 Å². The number of amides is 1. The van der Waals surface area contributed by atoms with E-state index in [0.717, 1.165) is 28.3 Å². The van der Waals surface area contributed by atoms with E-state index in [-0.39, 0.29) is 17.2 Å². The number of carbonyl (C=O) groups is 1. The van der Waals surface area contributed by atoms with Gasteiger partial charge in [0.1, 0.15) is 17.6 Å². The van der Waals surface area contributed by atoms with E-state index < -0.39 is 0 Å². The summed E-state index contributed by atoms with van der Waals surface area (Å²) >= 11 is 7.68. The molecule has 0 saturated heterocycles. The van der Waals surface area contributed by atoms with Crippen molar-refractivity contribution in [2.75, 3.05) is 12.9 Å². The van der Waals surface area contributed by atoms with Gasteiger partial charge >= 0.3 is 0 Å². The predicted octanol–water partition coefficient (Wildman–Crippen LogP) is 5.81. The van der Waals surface area contributed by atoms with E-state index in [1.165, 1.54) is 0 Å². The van der Waals surface area contributed by atoms with Crippen LogP contribution in [0.15, 0.2) is 91.3 Å². The summed E-state index contributed by atoms with van der Waals surface area (Å²) in [5, 5.41) is 3.88. The molecule has 0 aliphatic heterocycles. The van der Waals surface area contributed by atoms with Crippen molar-refractivity contribution in [2.45, 2.75) is 11.3 Å². The number of halogens is 1.